The summed E-state index contributed by atoms with van der Waals surface area (Å²) in [6.07, 6.45) is 5.86. The molecule has 0 radical (unpaired) electrons. The number of rotatable bonds is 10. The van der Waals surface area contributed by atoms with Crippen molar-refractivity contribution in [2.45, 2.75) is 27.7 Å². The Morgan fingerprint density at radius 1 is 0.692 bits per heavy atom. The molecular formula is C32H35N7. The molecular weight excluding hydrogens is 482 g/mol. The summed E-state index contributed by atoms with van der Waals surface area (Å²) in [5.41, 5.74) is 6.14. The van der Waals surface area contributed by atoms with Crippen LogP contribution in [0.25, 0.3) is 28.7 Å². The van der Waals surface area contributed by atoms with Crippen LogP contribution in [0.15, 0.2) is 77.8 Å². The standard InChI is InChI=1S/C32H35N7/c1-5-37(6-2)26-18-13-24(14-19-26)17-22-30-34-29-12-10-9-11-28(29)31-35-32(36-39(30)31)33-23-25-15-20-27(21-16-25)38(7-3)8-4/h9-23H,5-8H2,1-4H3/b22-17+,33-23?. The Balaban J connectivity index is 1.45. The van der Waals surface area contributed by atoms with Gasteiger partial charge < -0.3 is 9.80 Å². The normalized spacial score (nSPS) is 11.8. The first-order valence-corrected chi connectivity index (χ1v) is 13.7. The van der Waals surface area contributed by atoms with Gasteiger partial charge in [-0.15, -0.1) is 5.10 Å². The highest BCUT2D eigenvalue weighted by Crippen LogP contribution is 2.22. The Morgan fingerprint density at radius 2 is 1.28 bits per heavy atom. The number of aliphatic imine (C=N–C) groups is 1. The topological polar surface area (TPSA) is 61.9 Å². The van der Waals surface area contributed by atoms with Crippen LogP contribution >= 0.6 is 0 Å². The molecule has 7 heteroatoms. The van der Waals surface area contributed by atoms with Crippen LogP contribution in [0.1, 0.15) is 44.6 Å². The van der Waals surface area contributed by atoms with Crippen molar-refractivity contribution in [2.24, 2.45) is 4.99 Å². The van der Waals surface area contributed by atoms with E-state index in [-0.39, 0.29) is 0 Å². The zero-order valence-electron chi connectivity index (χ0n) is 23.1. The first kappa shape index (κ1) is 26.1. The Morgan fingerprint density at radius 3 is 1.90 bits per heavy atom. The molecule has 3 aromatic carbocycles. The lowest BCUT2D eigenvalue weighted by Gasteiger charge is -2.20. The summed E-state index contributed by atoms with van der Waals surface area (Å²) in [5, 5.41) is 5.64. The lowest BCUT2D eigenvalue weighted by molar-refractivity contribution is 0.866. The maximum absolute atomic E-state index is 4.87. The zero-order valence-corrected chi connectivity index (χ0v) is 23.1. The van der Waals surface area contributed by atoms with Crippen molar-refractivity contribution < 1.29 is 0 Å². The number of anilines is 2. The molecule has 0 N–H and O–H groups in total. The molecule has 5 aromatic rings. The van der Waals surface area contributed by atoms with Gasteiger partial charge in [0.05, 0.1) is 5.52 Å². The second kappa shape index (κ2) is 11.9. The van der Waals surface area contributed by atoms with Gasteiger partial charge in [0.2, 0.25) is 0 Å². The maximum Gasteiger partial charge on any atom is 0.269 e. The van der Waals surface area contributed by atoms with E-state index in [4.69, 9.17) is 15.1 Å². The molecule has 198 valence electrons. The van der Waals surface area contributed by atoms with Crippen LogP contribution in [0.2, 0.25) is 0 Å². The molecule has 0 bridgehead atoms. The molecule has 0 aliphatic rings. The molecule has 0 spiro atoms. The van der Waals surface area contributed by atoms with Crippen LogP contribution in [0, 0.1) is 0 Å². The number of hydrogen-bond acceptors (Lipinski definition) is 6. The van der Waals surface area contributed by atoms with E-state index in [2.05, 4.69) is 97.1 Å². The Kier molecular flexibility index (Phi) is 7.96. The average Bonchev–Trinajstić information content (AvgIpc) is 3.42. The fourth-order valence-corrected chi connectivity index (χ4v) is 4.78. The first-order valence-electron chi connectivity index (χ1n) is 13.7. The number of hydrogen-bond donors (Lipinski definition) is 0. The van der Waals surface area contributed by atoms with Crippen LogP contribution in [0.4, 0.5) is 17.3 Å². The van der Waals surface area contributed by atoms with Gasteiger partial charge in [0, 0.05) is 49.2 Å². The number of fused-ring (bicyclic) bond motifs is 3. The number of nitrogens with zero attached hydrogens (tertiary/aromatic N) is 7. The van der Waals surface area contributed by atoms with Crippen LogP contribution in [0.3, 0.4) is 0 Å². The lowest BCUT2D eigenvalue weighted by Crippen LogP contribution is -2.21. The molecule has 0 saturated heterocycles. The fourth-order valence-electron chi connectivity index (χ4n) is 4.78. The average molecular weight is 518 g/mol. The highest BCUT2D eigenvalue weighted by atomic mass is 15.4. The summed E-state index contributed by atoms with van der Waals surface area (Å²) < 4.78 is 1.78. The van der Waals surface area contributed by atoms with E-state index >= 15 is 0 Å². The highest BCUT2D eigenvalue weighted by molar-refractivity contribution is 5.92. The van der Waals surface area contributed by atoms with Gasteiger partial charge in [0.15, 0.2) is 11.5 Å². The fraction of sp³-hybridized carbons (Fsp3) is 0.250. The van der Waals surface area contributed by atoms with Gasteiger partial charge in [-0.05, 0) is 81.3 Å². The third-order valence-electron chi connectivity index (χ3n) is 6.99. The van der Waals surface area contributed by atoms with Crippen LogP contribution in [-0.4, -0.2) is 52.0 Å². The van der Waals surface area contributed by atoms with E-state index in [0.29, 0.717) is 11.8 Å². The smallest absolute Gasteiger partial charge is 0.269 e. The van der Waals surface area contributed by atoms with Gasteiger partial charge >= 0.3 is 0 Å². The maximum atomic E-state index is 4.87. The molecule has 5 rings (SSSR count). The summed E-state index contributed by atoms with van der Waals surface area (Å²) in [6.45, 7) is 12.6. The van der Waals surface area contributed by atoms with Crippen molar-refractivity contribution in [1.82, 2.24) is 19.6 Å². The monoisotopic (exact) mass is 517 g/mol. The minimum absolute atomic E-state index is 0.402. The number of para-hydroxylation sites is 1. The summed E-state index contributed by atoms with van der Waals surface area (Å²) in [4.78, 5) is 18.9. The summed E-state index contributed by atoms with van der Waals surface area (Å²) in [5.74, 6) is 1.10. The molecule has 0 unspecified atom stereocenters. The van der Waals surface area contributed by atoms with Crippen LogP contribution in [-0.2, 0) is 0 Å². The number of aromatic nitrogens is 4. The van der Waals surface area contributed by atoms with E-state index in [0.717, 1.165) is 53.9 Å². The minimum Gasteiger partial charge on any atom is -0.372 e. The van der Waals surface area contributed by atoms with Crippen LogP contribution in [0.5, 0.6) is 0 Å². The van der Waals surface area contributed by atoms with Crippen molar-refractivity contribution in [1.29, 1.82) is 0 Å². The van der Waals surface area contributed by atoms with E-state index in [1.807, 2.05) is 36.6 Å². The molecule has 0 aliphatic heterocycles. The van der Waals surface area contributed by atoms with Gasteiger partial charge in [-0.1, -0.05) is 42.5 Å². The summed E-state index contributed by atoms with van der Waals surface area (Å²) >= 11 is 0. The van der Waals surface area contributed by atoms with E-state index < -0.39 is 0 Å². The predicted molar refractivity (Wildman–Crippen MR) is 164 cm³/mol. The third-order valence-corrected chi connectivity index (χ3v) is 6.99. The van der Waals surface area contributed by atoms with Gasteiger partial charge in [-0.2, -0.15) is 9.50 Å². The van der Waals surface area contributed by atoms with Crippen molar-refractivity contribution >= 4 is 52.2 Å². The summed E-state index contributed by atoms with van der Waals surface area (Å²) in [7, 11) is 0. The molecule has 0 fully saturated rings. The van der Waals surface area contributed by atoms with E-state index in [1.54, 1.807) is 4.52 Å². The Labute approximate surface area is 230 Å². The van der Waals surface area contributed by atoms with Crippen molar-refractivity contribution in [3.05, 3.63) is 89.7 Å². The zero-order chi connectivity index (χ0) is 27.2. The van der Waals surface area contributed by atoms with Crippen molar-refractivity contribution in [3.63, 3.8) is 0 Å². The van der Waals surface area contributed by atoms with Crippen molar-refractivity contribution in [2.75, 3.05) is 36.0 Å². The van der Waals surface area contributed by atoms with E-state index in [9.17, 15) is 0 Å². The van der Waals surface area contributed by atoms with E-state index in [1.165, 1.54) is 11.4 Å². The second-order valence-electron chi connectivity index (χ2n) is 9.25. The molecule has 2 aromatic heterocycles. The van der Waals surface area contributed by atoms with Crippen molar-refractivity contribution in [3.8, 4) is 0 Å². The third kappa shape index (κ3) is 5.67. The lowest BCUT2D eigenvalue weighted by atomic mass is 10.1. The van der Waals surface area contributed by atoms with Gasteiger partial charge in [-0.25, -0.2) is 9.98 Å². The quantitative estimate of drug-likeness (QED) is 0.189. The molecule has 39 heavy (non-hydrogen) atoms. The van der Waals surface area contributed by atoms with Gasteiger partial charge in [-0.3, -0.25) is 0 Å². The highest BCUT2D eigenvalue weighted by Gasteiger charge is 2.11. The molecule has 0 amide bonds. The summed E-state index contributed by atoms with van der Waals surface area (Å²) in [6, 6.07) is 25.0. The number of benzene rings is 3. The van der Waals surface area contributed by atoms with Crippen LogP contribution < -0.4 is 9.80 Å². The second-order valence-corrected chi connectivity index (χ2v) is 9.25. The Bertz CT molecular complexity index is 1590. The Hall–Kier alpha value is -4.52. The predicted octanol–water partition coefficient (Wildman–Crippen LogP) is 6.89. The largest absolute Gasteiger partial charge is 0.372 e. The molecule has 0 aliphatic carbocycles. The molecule has 7 nitrogen and oxygen atoms in total. The van der Waals surface area contributed by atoms with Gasteiger partial charge in [0.25, 0.3) is 5.95 Å². The molecule has 2 heterocycles. The molecule has 0 saturated carbocycles. The minimum atomic E-state index is 0.402. The molecule has 0 atom stereocenters. The van der Waals surface area contributed by atoms with Gasteiger partial charge in [0.1, 0.15) is 0 Å². The first-order chi connectivity index (χ1) is 19.1. The SMILES string of the molecule is CCN(CC)c1ccc(C=Nc2nc3c4ccccc4nc(/C=C/c4ccc(N(CC)CC)cc4)n3n2)cc1.